The minimum atomic E-state index is -0.653. The van der Waals surface area contributed by atoms with Gasteiger partial charge in [0.1, 0.15) is 23.1 Å². The number of fused-ring (bicyclic) bond motifs is 1. The molecule has 2 unspecified atom stereocenters. The Morgan fingerprint density at radius 1 is 0.851 bits per heavy atom. The summed E-state index contributed by atoms with van der Waals surface area (Å²) in [5.74, 6) is 0.715. The Hall–Kier alpha value is -4.87. The average Bonchev–Trinajstić information content (AvgIpc) is 3.81. The largest absolute Gasteiger partial charge is 0.444 e. The zero-order chi connectivity index (χ0) is 33.5. The molecule has 6 rings (SSSR count). The molecule has 4 aromatic rings. The van der Waals surface area contributed by atoms with Crippen molar-refractivity contribution in [2.24, 2.45) is 0 Å². The molecular weight excluding hydrogens is 600 g/mol. The van der Waals surface area contributed by atoms with Crippen LogP contribution in [0.25, 0.3) is 33.4 Å². The number of ether oxygens (including phenoxy) is 2. The summed E-state index contributed by atoms with van der Waals surface area (Å²) >= 11 is 0. The first-order chi connectivity index (χ1) is 22.3. The molecule has 2 N–H and O–H groups in total. The second-order valence-electron chi connectivity index (χ2n) is 14.2. The Bertz CT molecular complexity index is 1780. The van der Waals surface area contributed by atoms with Gasteiger partial charge in [0.25, 0.3) is 0 Å². The number of hydrogen-bond acceptors (Lipinski definition) is 8. The molecule has 2 saturated heterocycles. The molecule has 0 aliphatic carbocycles. The molecule has 2 atom stereocenters. The number of nitrogens with one attached hydrogen (secondary N) is 2. The fourth-order valence-corrected chi connectivity index (χ4v) is 6.07. The third kappa shape index (κ3) is 7.11. The van der Waals surface area contributed by atoms with Crippen LogP contribution in [0.15, 0.2) is 53.2 Å². The SMILES string of the molecule is CC(C)(C)OC(=O)N1CCCC1C(=O)Nc1noc2ccc(-c3ccc(-c4cnc(C5CCCN5C(=O)OC(C)(C)C)[nH]4)cc3)cc12. The summed E-state index contributed by atoms with van der Waals surface area (Å²) in [5, 5.41) is 7.64. The van der Waals surface area contributed by atoms with Gasteiger partial charge >= 0.3 is 12.2 Å². The molecule has 0 saturated carbocycles. The summed E-state index contributed by atoms with van der Waals surface area (Å²) in [6.07, 6.45) is 3.93. The van der Waals surface area contributed by atoms with Crippen molar-refractivity contribution < 1.29 is 28.4 Å². The van der Waals surface area contributed by atoms with Crippen molar-refractivity contribution in [3.05, 3.63) is 54.5 Å². The molecule has 248 valence electrons. The lowest BCUT2D eigenvalue weighted by molar-refractivity contribution is -0.120. The van der Waals surface area contributed by atoms with Crippen LogP contribution in [0.3, 0.4) is 0 Å². The number of aromatic nitrogens is 3. The van der Waals surface area contributed by atoms with E-state index in [2.05, 4.69) is 20.4 Å². The maximum atomic E-state index is 13.3. The number of rotatable bonds is 5. The van der Waals surface area contributed by atoms with E-state index in [1.165, 1.54) is 4.90 Å². The number of benzene rings is 2. The number of amides is 3. The lowest BCUT2D eigenvalue weighted by Gasteiger charge is -2.27. The fourth-order valence-electron chi connectivity index (χ4n) is 6.07. The van der Waals surface area contributed by atoms with E-state index in [0.29, 0.717) is 42.7 Å². The molecule has 2 aromatic carbocycles. The van der Waals surface area contributed by atoms with E-state index in [1.807, 2.05) is 63.2 Å². The van der Waals surface area contributed by atoms with Crippen molar-refractivity contribution in [3.8, 4) is 22.4 Å². The first kappa shape index (κ1) is 32.1. The van der Waals surface area contributed by atoms with Crippen molar-refractivity contribution in [2.45, 2.75) is 90.5 Å². The van der Waals surface area contributed by atoms with E-state index in [9.17, 15) is 14.4 Å². The molecule has 3 amide bonds. The van der Waals surface area contributed by atoms with Crippen LogP contribution < -0.4 is 5.32 Å². The van der Waals surface area contributed by atoms with Crippen molar-refractivity contribution >= 4 is 34.9 Å². The Labute approximate surface area is 273 Å². The predicted molar refractivity (Wildman–Crippen MR) is 177 cm³/mol. The van der Waals surface area contributed by atoms with Crippen LogP contribution in [0.5, 0.6) is 0 Å². The van der Waals surface area contributed by atoms with Gasteiger partial charge in [0, 0.05) is 13.1 Å². The molecule has 12 nitrogen and oxygen atoms in total. The molecule has 0 bridgehead atoms. The van der Waals surface area contributed by atoms with Crippen LogP contribution in [-0.4, -0.2) is 73.4 Å². The number of H-pyrrole nitrogens is 1. The number of nitrogens with zero attached hydrogens (tertiary/aromatic N) is 4. The molecule has 2 aliphatic rings. The number of carbonyl (C=O) groups excluding carboxylic acids is 3. The number of hydrogen-bond donors (Lipinski definition) is 2. The Morgan fingerprint density at radius 3 is 2.17 bits per heavy atom. The van der Waals surface area contributed by atoms with Gasteiger partial charge in [0.15, 0.2) is 11.4 Å². The molecule has 2 aromatic heterocycles. The van der Waals surface area contributed by atoms with Crippen molar-refractivity contribution in [1.29, 1.82) is 0 Å². The lowest BCUT2D eigenvalue weighted by Crippen LogP contribution is -2.45. The van der Waals surface area contributed by atoms with E-state index in [0.717, 1.165) is 41.1 Å². The highest BCUT2D eigenvalue weighted by molar-refractivity contribution is 6.03. The standard InChI is InChI=1S/C35H42N6O6/c1-34(2,3)45-32(43)40-17-7-9-26(40)30-36-20-25(37-30)22-13-11-21(12-14-22)23-15-16-28-24(19-23)29(39-47-28)38-31(42)27-10-8-18-41(27)33(44)46-35(4,5)6/h11-16,19-20,26-27H,7-10,17-18H2,1-6H3,(H,36,37)(H,38,39,42). The zero-order valence-electron chi connectivity index (χ0n) is 27.8. The monoisotopic (exact) mass is 642 g/mol. The number of carbonyl (C=O) groups is 3. The average molecular weight is 643 g/mol. The number of likely N-dealkylation sites (tertiary alicyclic amines) is 2. The molecular formula is C35H42N6O6. The number of aromatic amines is 1. The smallest absolute Gasteiger partial charge is 0.410 e. The van der Waals surface area contributed by atoms with Gasteiger partial charge in [0.2, 0.25) is 5.91 Å². The quantitative estimate of drug-likeness (QED) is 0.231. The van der Waals surface area contributed by atoms with E-state index < -0.39 is 23.3 Å². The number of imidazole rings is 1. The van der Waals surface area contributed by atoms with E-state index in [4.69, 9.17) is 14.0 Å². The highest BCUT2D eigenvalue weighted by Gasteiger charge is 2.37. The van der Waals surface area contributed by atoms with Gasteiger partial charge in [0.05, 0.1) is 23.3 Å². The third-order valence-electron chi connectivity index (χ3n) is 8.22. The van der Waals surface area contributed by atoms with Crippen LogP contribution in [0, 0.1) is 0 Å². The van der Waals surface area contributed by atoms with Gasteiger partial charge < -0.3 is 24.3 Å². The molecule has 2 aliphatic heterocycles. The summed E-state index contributed by atoms with van der Waals surface area (Å²) in [4.78, 5) is 50.0. The van der Waals surface area contributed by atoms with Gasteiger partial charge in [-0.15, -0.1) is 0 Å². The van der Waals surface area contributed by atoms with Crippen molar-refractivity contribution in [2.75, 3.05) is 18.4 Å². The maximum absolute atomic E-state index is 13.3. The molecule has 2 fully saturated rings. The second-order valence-corrected chi connectivity index (χ2v) is 14.2. The van der Waals surface area contributed by atoms with Crippen LogP contribution in [0.2, 0.25) is 0 Å². The van der Waals surface area contributed by atoms with Gasteiger partial charge in [-0.25, -0.2) is 14.6 Å². The van der Waals surface area contributed by atoms with Crippen LogP contribution >= 0.6 is 0 Å². The minimum absolute atomic E-state index is 0.156. The van der Waals surface area contributed by atoms with Gasteiger partial charge in [-0.05, 0) is 96.0 Å². The highest BCUT2D eigenvalue weighted by Crippen LogP contribution is 2.34. The van der Waals surface area contributed by atoms with Crippen LogP contribution in [0.1, 0.15) is 79.1 Å². The first-order valence-electron chi connectivity index (χ1n) is 16.1. The van der Waals surface area contributed by atoms with E-state index >= 15 is 0 Å². The Balaban J connectivity index is 1.15. The minimum Gasteiger partial charge on any atom is -0.444 e. The lowest BCUT2D eigenvalue weighted by atomic mass is 10.0. The second kappa shape index (κ2) is 12.4. The molecule has 0 radical (unpaired) electrons. The summed E-state index contributed by atoms with van der Waals surface area (Å²) in [7, 11) is 0. The summed E-state index contributed by atoms with van der Waals surface area (Å²) in [6.45, 7) is 12.1. The maximum Gasteiger partial charge on any atom is 0.410 e. The predicted octanol–water partition coefficient (Wildman–Crippen LogP) is 7.29. The highest BCUT2D eigenvalue weighted by atomic mass is 16.6. The topological polar surface area (TPSA) is 143 Å². The fraction of sp³-hybridized carbons (Fsp3) is 0.457. The third-order valence-corrected chi connectivity index (χ3v) is 8.22. The van der Waals surface area contributed by atoms with Crippen molar-refractivity contribution in [3.63, 3.8) is 0 Å². The first-order valence-corrected chi connectivity index (χ1v) is 16.1. The van der Waals surface area contributed by atoms with E-state index in [-0.39, 0.29) is 18.0 Å². The van der Waals surface area contributed by atoms with Crippen molar-refractivity contribution in [1.82, 2.24) is 24.9 Å². The van der Waals surface area contributed by atoms with E-state index in [1.54, 1.807) is 31.9 Å². The van der Waals surface area contributed by atoms with Gasteiger partial charge in [-0.2, -0.15) is 0 Å². The molecule has 0 spiro atoms. The summed E-state index contributed by atoms with van der Waals surface area (Å²) < 4.78 is 16.6. The molecule has 47 heavy (non-hydrogen) atoms. The summed E-state index contributed by atoms with van der Waals surface area (Å²) in [5.41, 5.74) is 3.02. The molecule has 4 heterocycles. The summed E-state index contributed by atoms with van der Waals surface area (Å²) in [6, 6.07) is 12.9. The Kier molecular flexibility index (Phi) is 8.46. The van der Waals surface area contributed by atoms with Crippen LogP contribution in [-0.2, 0) is 14.3 Å². The van der Waals surface area contributed by atoms with Crippen LogP contribution in [0.4, 0.5) is 15.4 Å². The molecule has 12 heteroatoms. The zero-order valence-corrected chi connectivity index (χ0v) is 27.8. The number of anilines is 1. The van der Waals surface area contributed by atoms with Gasteiger partial charge in [-0.3, -0.25) is 14.6 Å². The normalized spacial score (nSPS) is 18.5. The Morgan fingerprint density at radius 2 is 1.47 bits per heavy atom. The van der Waals surface area contributed by atoms with Gasteiger partial charge in [-0.1, -0.05) is 35.5 Å².